The molecule has 1 saturated heterocycles. The second kappa shape index (κ2) is 14.3. The predicted octanol–water partition coefficient (Wildman–Crippen LogP) is 6.70. The van der Waals surface area contributed by atoms with E-state index in [9.17, 15) is 9.90 Å². The lowest BCUT2D eigenvalue weighted by molar-refractivity contribution is 0.00835. The zero-order valence-corrected chi connectivity index (χ0v) is 28.4. The molecular formula is C41H44N6O3. The molecule has 0 spiro atoms. The molecule has 2 aromatic heterocycles. The van der Waals surface area contributed by atoms with E-state index in [0.717, 1.165) is 93.0 Å². The van der Waals surface area contributed by atoms with Crippen LogP contribution in [-0.4, -0.2) is 69.2 Å². The molecule has 8 rings (SSSR count). The van der Waals surface area contributed by atoms with Crippen molar-refractivity contribution in [3.05, 3.63) is 95.4 Å². The number of ketones is 1. The van der Waals surface area contributed by atoms with Crippen molar-refractivity contribution in [3.63, 3.8) is 0 Å². The van der Waals surface area contributed by atoms with Gasteiger partial charge < -0.3 is 20.5 Å². The third-order valence-electron chi connectivity index (χ3n) is 10.6. The maximum atomic E-state index is 12.5. The smallest absolute Gasteiger partial charge is 0.229 e. The van der Waals surface area contributed by atoms with E-state index in [1.165, 1.54) is 18.4 Å². The molecule has 3 aliphatic carbocycles. The Morgan fingerprint density at radius 1 is 0.920 bits per heavy atom. The second-order valence-corrected chi connectivity index (χ2v) is 14.3. The summed E-state index contributed by atoms with van der Waals surface area (Å²) >= 11 is 0. The van der Waals surface area contributed by atoms with Crippen LogP contribution in [0.3, 0.4) is 0 Å². The molecular weight excluding hydrogens is 624 g/mol. The average molecular weight is 669 g/mol. The predicted molar refractivity (Wildman–Crippen MR) is 194 cm³/mol. The molecule has 2 aromatic carbocycles. The first-order chi connectivity index (χ1) is 24.5. The van der Waals surface area contributed by atoms with Crippen LogP contribution in [0.1, 0.15) is 85.0 Å². The van der Waals surface area contributed by atoms with Gasteiger partial charge in [0.25, 0.3) is 0 Å². The fourth-order valence-corrected chi connectivity index (χ4v) is 7.31. The summed E-state index contributed by atoms with van der Waals surface area (Å²) in [6, 6.07) is 20.6. The van der Waals surface area contributed by atoms with Gasteiger partial charge in [0.05, 0.1) is 19.3 Å². The molecule has 0 unspecified atom stereocenters. The number of carbonyl (C=O) groups is 1. The number of nitrogens with zero attached hydrogens (tertiary/aromatic N) is 4. The summed E-state index contributed by atoms with van der Waals surface area (Å²) < 4.78 is 5.62. The number of Topliss-reactive ketones (excluding diaryl/α,β-unsaturated/α-hetero) is 1. The van der Waals surface area contributed by atoms with E-state index in [2.05, 4.69) is 56.6 Å². The van der Waals surface area contributed by atoms with Gasteiger partial charge in [-0.1, -0.05) is 30.2 Å². The summed E-state index contributed by atoms with van der Waals surface area (Å²) in [5.74, 6) is 8.29. The summed E-state index contributed by atoms with van der Waals surface area (Å²) in [5, 5.41) is 17.2. The van der Waals surface area contributed by atoms with Crippen molar-refractivity contribution < 1.29 is 14.6 Å². The highest BCUT2D eigenvalue weighted by atomic mass is 16.5. The van der Waals surface area contributed by atoms with Crippen LogP contribution in [0.15, 0.2) is 73.1 Å². The SMILES string of the molecule is O=C(CC1CC1)c1ccnc(C#Cc2ccc(Nc3ncc(-c4ccc(C5(N6CCOCC6)CC5)cc4)c(NC4CCC(O)CC4)n3)cc2)c1. The van der Waals surface area contributed by atoms with Crippen LogP contribution in [0, 0.1) is 17.8 Å². The van der Waals surface area contributed by atoms with E-state index in [0.29, 0.717) is 29.5 Å². The first-order valence-corrected chi connectivity index (χ1v) is 18.1. The van der Waals surface area contributed by atoms with Crippen LogP contribution in [0.4, 0.5) is 17.5 Å². The monoisotopic (exact) mass is 668 g/mol. The Balaban J connectivity index is 0.980. The van der Waals surface area contributed by atoms with Crippen LogP contribution < -0.4 is 10.6 Å². The third-order valence-corrected chi connectivity index (χ3v) is 10.6. The zero-order valence-electron chi connectivity index (χ0n) is 28.4. The van der Waals surface area contributed by atoms with Gasteiger partial charge in [0.1, 0.15) is 11.5 Å². The highest BCUT2D eigenvalue weighted by molar-refractivity contribution is 5.96. The zero-order chi connectivity index (χ0) is 33.9. The van der Waals surface area contributed by atoms with Crippen molar-refractivity contribution in [2.45, 2.75) is 75.5 Å². The van der Waals surface area contributed by atoms with Crippen molar-refractivity contribution in [2.24, 2.45) is 5.92 Å². The van der Waals surface area contributed by atoms with E-state index in [4.69, 9.17) is 14.7 Å². The van der Waals surface area contributed by atoms with E-state index in [-0.39, 0.29) is 23.5 Å². The quantitative estimate of drug-likeness (QED) is 0.126. The molecule has 4 fully saturated rings. The molecule has 4 aromatic rings. The standard InChI is InChI=1S/C41H44N6O3/c48-36-15-13-33(14-16-36)44-39-37(30-6-8-32(9-7-30)41(18-19-41)47-21-23-50-24-22-47)27-43-40(46-39)45-34-10-3-28(4-11-34)5-12-35-26-31(17-20-42-35)38(49)25-29-1-2-29/h3-4,6-11,17,20,26-27,29,33,36,48H,1-2,13-16,18-19,21-25H2,(H2,43,44,45,46). The van der Waals surface area contributed by atoms with Gasteiger partial charge in [0, 0.05) is 65.9 Å². The van der Waals surface area contributed by atoms with Gasteiger partial charge in [0.2, 0.25) is 5.95 Å². The number of carbonyl (C=O) groups excluding carboxylic acids is 1. The van der Waals surface area contributed by atoms with Gasteiger partial charge in [-0.15, -0.1) is 0 Å². The van der Waals surface area contributed by atoms with Crippen molar-refractivity contribution in [1.82, 2.24) is 19.9 Å². The molecule has 9 heteroatoms. The molecule has 0 bridgehead atoms. The molecule has 4 aliphatic rings. The maximum Gasteiger partial charge on any atom is 0.229 e. The van der Waals surface area contributed by atoms with Crippen LogP contribution in [-0.2, 0) is 10.3 Å². The lowest BCUT2D eigenvalue weighted by Gasteiger charge is -2.35. The number of aliphatic hydroxyl groups excluding tert-OH is 1. The van der Waals surface area contributed by atoms with E-state index in [1.54, 1.807) is 18.3 Å². The maximum absolute atomic E-state index is 12.5. The van der Waals surface area contributed by atoms with Gasteiger partial charge >= 0.3 is 0 Å². The van der Waals surface area contributed by atoms with Crippen molar-refractivity contribution in [1.29, 1.82) is 0 Å². The molecule has 0 atom stereocenters. The van der Waals surface area contributed by atoms with E-state index < -0.39 is 0 Å². The molecule has 0 radical (unpaired) electrons. The summed E-state index contributed by atoms with van der Waals surface area (Å²) in [6.07, 6.45) is 12.0. The summed E-state index contributed by atoms with van der Waals surface area (Å²) in [5.41, 5.74) is 6.52. The third kappa shape index (κ3) is 7.58. The van der Waals surface area contributed by atoms with Crippen LogP contribution in [0.2, 0.25) is 0 Å². The highest BCUT2D eigenvalue weighted by Crippen LogP contribution is 2.51. The molecule has 0 amide bonds. The van der Waals surface area contributed by atoms with Gasteiger partial charge in [-0.25, -0.2) is 9.97 Å². The fourth-order valence-electron chi connectivity index (χ4n) is 7.31. The molecule has 3 heterocycles. The first kappa shape index (κ1) is 32.6. The number of anilines is 3. The van der Waals surface area contributed by atoms with Crippen molar-refractivity contribution >= 4 is 23.2 Å². The van der Waals surface area contributed by atoms with Gasteiger partial charge in [-0.2, -0.15) is 4.98 Å². The Morgan fingerprint density at radius 2 is 1.68 bits per heavy atom. The molecule has 50 heavy (non-hydrogen) atoms. The Hall–Kier alpha value is -4.62. The number of nitrogens with one attached hydrogen (secondary N) is 2. The minimum atomic E-state index is -0.223. The number of pyridine rings is 1. The summed E-state index contributed by atoms with van der Waals surface area (Å²) in [4.78, 5) is 29.2. The molecule has 256 valence electrons. The minimum absolute atomic E-state index is 0.148. The van der Waals surface area contributed by atoms with Gasteiger partial charge in [-0.05, 0) is 111 Å². The fraction of sp³-hybridized carbons (Fsp3) is 0.415. The number of rotatable bonds is 10. The normalized spacial score (nSPS) is 21.5. The minimum Gasteiger partial charge on any atom is -0.393 e. The number of aliphatic hydroxyl groups is 1. The molecule has 3 N–H and O–H groups in total. The van der Waals surface area contributed by atoms with Crippen molar-refractivity contribution in [2.75, 3.05) is 36.9 Å². The number of morpholine rings is 1. The van der Waals surface area contributed by atoms with Gasteiger partial charge in [-0.3, -0.25) is 9.69 Å². The topological polar surface area (TPSA) is 113 Å². The lowest BCUT2D eigenvalue weighted by Crippen LogP contribution is -2.43. The number of hydrogen-bond acceptors (Lipinski definition) is 9. The van der Waals surface area contributed by atoms with Crippen LogP contribution in [0.5, 0.6) is 0 Å². The average Bonchev–Trinajstić information content (AvgIpc) is 4.10. The lowest BCUT2D eigenvalue weighted by atomic mass is 9.93. The molecule has 9 nitrogen and oxygen atoms in total. The Bertz CT molecular complexity index is 1880. The Kier molecular flexibility index (Phi) is 9.33. The van der Waals surface area contributed by atoms with Crippen LogP contribution >= 0.6 is 0 Å². The number of hydrogen-bond donors (Lipinski definition) is 3. The van der Waals surface area contributed by atoms with E-state index >= 15 is 0 Å². The highest BCUT2D eigenvalue weighted by Gasteiger charge is 2.49. The second-order valence-electron chi connectivity index (χ2n) is 14.3. The summed E-state index contributed by atoms with van der Waals surface area (Å²) in [6.45, 7) is 3.58. The van der Waals surface area contributed by atoms with Crippen molar-refractivity contribution in [3.8, 4) is 23.0 Å². The molecule has 1 aliphatic heterocycles. The van der Waals surface area contributed by atoms with Gasteiger partial charge in [0.15, 0.2) is 5.78 Å². The Morgan fingerprint density at radius 3 is 2.40 bits per heavy atom. The Labute approximate surface area is 293 Å². The summed E-state index contributed by atoms with van der Waals surface area (Å²) in [7, 11) is 0. The molecule has 3 saturated carbocycles. The van der Waals surface area contributed by atoms with Crippen LogP contribution in [0.25, 0.3) is 11.1 Å². The number of ether oxygens (including phenoxy) is 1. The largest absolute Gasteiger partial charge is 0.393 e. The first-order valence-electron chi connectivity index (χ1n) is 18.1. The van der Waals surface area contributed by atoms with E-state index in [1.807, 2.05) is 30.5 Å². The number of benzene rings is 2. The number of aromatic nitrogens is 3.